The molecule has 0 amide bonds. The van der Waals surface area contributed by atoms with Crippen LogP contribution in [-0.4, -0.2) is 95.5 Å². The van der Waals surface area contributed by atoms with E-state index in [2.05, 4.69) is 15.2 Å². The molecule has 0 spiro atoms. The van der Waals surface area contributed by atoms with Gasteiger partial charge in [0, 0.05) is 45.8 Å². The number of hydrogen-bond acceptors (Lipinski definition) is 5. The van der Waals surface area contributed by atoms with Crippen molar-refractivity contribution in [1.29, 1.82) is 0 Å². The van der Waals surface area contributed by atoms with Gasteiger partial charge in [-0.05, 0) is 19.8 Å². The van der Waals surface area contributed by atoms with Gasteiger partial charge in [-0.3, -0.25) is 4.99 Å². The lowest BCUT2D eigenvalue weighted by Crippen LogP contribution is -2.41. The lowest BCUT2D eigenvalue weighted by atomic mass is 10.1. The minimum Gasteiger partial charge on any atom is -0.382 e. The van der Waals surface area contributed by atoms with E-state index >= 15 is 0 Å². The Kier molecular flexibility index (Phi) is 8.41. The van der Waals surface area contributed by atoms with Gasteiger partial charge in [0.15, 0.2) is 5.96 Å². The van der Waals surface area contributed by atoms with Crippen molar-refractivity contribution in [3.63, 3.8) is 0 Å². The Hall–Kier alpha value is -0.900. The van der Waals surface area contributed by atoms with Crippen molar-refractivity contribution in [2.45, 2.75) is 19.8 Å². The van der Waals surface area contributed by atoms with Crippen molar-refractivity contribution in [2.75, 3.05) is 72.0 Å². The molecule has 0 aromatic rings. The fraction of sp³-hybridized carbons (Fsp3) is 0.938. The molecule has 0 saturated carbocycles. The summed E-state index contributed by atoms with van der Waals surface area (Å²) >= 11 is 0. The number of guanidine groups is 1. The molecule has 8 nitrogen and oxygen atoms in total. The van der Waals surface area contributed by atoms with Crippen LogP contribution in [0.1, 0.15) is 19.8 Å². The molecule has 0 radical (unpaired) electrons. The fourth-order valence-corrected chi connectivity index (χ4v) is 4.71. The quantitative estimate of drug-likeness (QED) is 0.346. The maximum atomic E-state index is 11.8. The van der Waals surface area contributed by atoms with Crippen LogP contribution in [0.2, 0.25) is 0 Å². The number of ether oxygens (including phenoxy) is 2. The van der Waals surface area contributed by atoms with E-state index in [-0.39, 0.29) is 5.75 Å². The van der Waals surface area contributed by atoms with Crippen molar-refractivity contribution in [2.24, 2.45) is 10.9 Å². The minimum absolute atomic E-state index is 0.271. The van der Waals surface area contributed by atoms with Crippen LogP contribution >= 0.6 is 0 Å². The summed E-state index contributed by atoms with van der Waals surface area (Å²) in [6, 6.07) is 0. The molecule has 2 aliphatic heterocycles. The number of rotatable bonds is 9. The van der Waals surface area contributed by atoms with Crippen LogP contribution in [0.15, 0.2) is 4.99 Å². The highest BCUT2D eigenvalue weighted by Crippen LogP contribution is 2.17. The number of sulfonamides is 1. The van der Waals surface area contributed by atoms with E-state index in [0.717, 1.165) is 45.0 Å². The summed E-state index contributed by atoms with van der Waals surface area (Å²) in [4.78, 5) is 6.88. The molecule has 25 heavy (non-hydrogen) atoms. The first-order valence-corrected chi connectivity index (χ1v) is 10.8. The molecule has 2 fully saturated rings. The first-order valence-electron chi connectivity index (χ1n) is 9.14. The molecular weight excluding hydrogens is 344 g/mol. The Morgan fingerprint density at radius 1 is 1.32 bits per heavy atom. The van der Waals surface area contributed by atoms with Crippen molar-refractivity contribution >= 4 is 16.0 Å². The Labute approximate surface area is 151 Å². The van der Waals surface area contributed by atoms with Gasteiger partial charge in [-0.2, -0.15) is 0 Å². The second-order valence-corrected chi connectivity index (χ2v) is 8.56. The Morgan fingerprint density at radius 2 is 2.16 bits per heavy atom. The molecule has 146 valence electrons. The van der Waals surface area contributed by atoms with Gasteiger partial charge < -0.3 is 19.7 Å². The zero-order valence-corrected chi connectivity index (χ0v) is 16.3. The largest absolute Gasteiger partial charge is 0.382 e. The van der Waals surface area contributed by atoms with E-state index in [4.69, 9.17) is 9.47 Å². The predicted octanol–water partition coefficient (Wildman–Crippen LogP) is -0.0277. The smallest absolute Gasteiger partial charge is 0.214 e. The third-order valence-corrected chi connectivity index (χ3v) is 6.48. The lowest BCUT2D eigenvalue weighted by molar-refractivity contribution is 0.0536. The summed E-state index contributed by atoms with van der Waals surface area (Å²) in [6.45, 7) is 8.29. The van der Waals surface area contributed by atoms with E-state index in [1.807, 2.05) is 6.92 Å². The van der Waals surface area contributed by atoms with Crippen LogP contribution in [0, 0.1) is 5.92 Å². The zero-order chi connectivity index (χ0) is 18.1. The van der Waals surface area contributed by atoms with Crippen LogP contribution in [0.5, 0.6) is 0 Å². The topological polar surface area (TPSA) is 83.5 Å². The Morgan fingerprint density at radius 3 is 2.84 bits per heavy atom. The number of aliphatic imine (C=N–C) groups is 1. The van der Waals surface area contributed by atoms with Crippen LogP contribution in [0.3, 0.4) is 0 Å². The molecule has 9 heteroatoms. The third-order valence-electron chi connectivity index (χ3n) is 4.52. The molecule has 2 rings (SSSR count). The van der Waals surface area contributed by atoms with Gasteiger partial charge in [0.1, 0.15) is 0 Å². The molecule has 2 heterocycles. The number of methoxy groups -OCH3 is 1. The number of nitrogens with one attached hydrogen (secondary N) is 1. The minimum atomic E-state index is -3.04. The summed E-state index contributed by atoms with van der Waals surface area (Å²) in [5.41, 5.74) is 0. The predicted molar refractivity (Wildman–Crippen MR) is 98.3 cm³/mol. The average molecular weight is 377 g/mol. The van der Waals surface area contributed by atoms with Crippen LogP contribution in [-0.2, 0) is 19.5 Å². The SMILES string of the molecule is CCNC(=NCCN1CCCS1(=O)=O)N1CCC(COCCOC)C1. The molecule has 0 aromatic heterocycles. The zero-order valence-electron chi connectivity index (χ0n) is 15.4. The Balaban J connectivity index is 1.79. The average Bonchev–Trinajstić information content (AvgIpc) is 3.17. The highest BCUT2D eigenvalue weighted by Gasteiger charge is 2.28. The molecule has 0 aromatic carbocycles. The van der Waals surface area contributed by atoms with Crippen molar-refractivity contribution < 1.29 is 17.9 Å². The van der Waals surface area contributed by atoms with E-state index in [1.54, 1.807) is 11.4 Å². The van der Waals surface area contributed by atoms with Crippen LogP contribution < -0.4 is 5.32 Å². The fourth-order valence-electron chi connectivity index (χ4n) is 3.19. The molecule has 1 atom stereocenters. The highest BCUT2D eigenvalue weighted by molar-refractivity contribution is 7.89. The second-order valence-electron chi connectivity index (χ2n) is 6.47. The van der Waals surface area contributed by atoms with Crippen molar-refractivity contribution in [3.05, 3.63) is 0 Å². The van der Waals surface area contributed by atoms with Gasteiger partial charge in [0.25, 0.3) is 0 Å². The lowest BCUT2D eigenvalue weighted by Gasteiger charge is -2.22. The number of nitrogens with zero attached hydrogens (tertiary/aromatic N) is 3. The van der Waals surface area contributed by atoms with Gasteiger partial charge in [-0.15, -0.1) is 0 Å². The molecule has 2 saturated heterocycles. The van der Waals surface area contributed by atoms with Gasteiger partial charge in [-0.1, -0.05) is 0 Å². The van der Waals surface area contributed by atoms with Crippen LogP contribution in [0.4, 0.5) is 0 Å². The first-order chi connectivity index (χ1) is 12.1. The molecule has 0 bridgehead atoms. The molecule has 0 aliphatic carbocycles. The van der Waals surface area contributed by atoms with Crippen molar-refractivity contribution in [3.8, 4) is 0 Å². The molecule has 1 unspecified atom stereocenters. The summed E-state index contributed by atoms with van der Waals surface area (Å²) in [5.74, 6) is 1.64. The monoisotopic (exact) mass is 376 g/mol. The van der Waals surface area contributed by atoms with E-state index < -0.39 is 10.0 Å². The third kappa shape index (κ3) is 6.40. The van der Waals surface area contributed by atoms with Crippen molar-refractivity contribution in [1.82, 2.24) is 14.5 Å². The molecule has 2 aliphatic rings. The van der Waals surface area contributed by atoms with Gasteiger partial charge in [0.05, 0.1) is 32.1 Å². The summed E-state index contributed by atoms with van der Waals surface area (Å²) in [7, 11) is -1.36. The second kappa shape index (κ2) is 10.3. The van der Waals surface area contributed by atoms with Crippen LogP contribution in [0.25, 0.3) is 0 Å². The van der Waals surface area contributed by atoms with E-state index in [1.165, 1.54) is 0 Å². The normalized spacial score (nSPS) is 24.2. The molecular formula is C16H32N4O4S. The number of likely N-dealkylation sites (tertiary alicyclic amines) is 1. The van der Waals surface area contributed by atoms with Gasteiger partial charge >= 0.3 is 0 Å². The first kappa shape index (κ1) is 20.4. The highest BCUT2D eigenvalue weighted by atomic mass is 32.2. The van der Waals surface area contributed by atoms with E-state index in [9.17, 15) is 8.42 Å². The molecule has 1 N–H and O–H groups in total. The van der Waals surface area contributed by atoms with Gasteiger partial charge in [0.2, 0.25) is 10.0 Å². The number of hydrogen-bond donors (Lipinski definition) is 1. The summed E-state index contributed by atoms with van der Waals surface area (Å²) in [5, 5.41) is 3.31. The maximum absolute atomic E-state index is 11.8. The standard InChI is InChI=1S/C16H32N4O4S/c1-3-17-16(18-6-9-20-7-4-12-25(20,21)22)19-8-5-15(13-19)14-24-11-10-23-2/h15H,3-14H2,1-2H3,(H,17,18). The maximum Gasteiger partial charge on any atom is 0.214 e. The Bertz CT molecular complexity index is 526. The van der Waals surface area contributed by atoms with E-state index in [0.29, 0.717) is 38.8 Å². The summed E-state index contributed by atoms with van der Waals surface area (Å²) in [6.07, 6.45) is 1.81. The van der Waals surface area contributed by atoms with Gasteiger partial charge in [-0.25, -0.2) is 12.7 Å². The summed E-state index contributed by atoms with van der Waals surface area (Å²) < 4.78 is 35.8.